The molecule has 4 heteroatoms. The minimum atomic E-state index is 0.499. The highest BCUT2D eigenvalue weighted by Gasteiger charge is 2.20. The maximum Gasteiger partial charge on any atom is 0.105 e. The molecule has 1 heterocycles. The fourth-order valence-electron chi connectivity index (χ4n) is 2.06. The van der Waals surface area contributed by atoms with Crippen LogP contribution in [0.4, 0.5) is 5.69 Å². The van der Waals surface area contributed by atoms with E-state index in [2.05, 4.69) is 23.7 Å². The normalized spacial score (nSPS) is 18.4. The van der Waals surface area contributed by atoms with Gasteiger partial charge in [0.2, 0.25) is 0 Å². The Balaban J connectivity index is 2.26. The van der Waals surface area contributed by atoms with Crippen molar-refractivity contribution in [1.82, 2.24) is 4.90 Å². The van der Waals surface area contributed by atoms with Crippen molar-refractivity contribution in [3.63, 3.8) is 0 Å². The largest absolute Gasteiger partial charge is 0.358 e. The SMILES string of the molecule is CC(C)N1CCCC1=Nc1ccc(Cl)c(Cl)c1. The van der Waals surface area contributed by atoms with Crippen molar-refractivity contribution in [2.75, 3.05) is 6.54 Å². The van der Waals surface area contributed by atoms with Gasteiger partial charge < -0.3 is 4.90 Å². The summed E-state index contributed by atoms with van der Waals surface area (Å²) in [5.74, 6) is 1.15. The number of hydrogen-bond donors (Lipinski definition) is 0. The number of aliphatic imine (C=N–C) groups is 1. The van der Waals surface area contributed by atoms with Crippen molar-refractivity contribution in [1.29, 1.82) is 0 Å². The fraction of sp³-hybridized carbons (Fsp3) is 0.462. The second-order valence-electron chi connectivity index (χ2n) is 4.52. The molecule has 2 rings (SSSR count). The van der Waals surface area contributed by atoms with Gasteiger partial charge in [-0.2, -0.15) is 0 Å². The quantitative estimate of drug-likeness (QED) is 0.771. The van der Waals surface area contributed by atoms with Crippen LogP contribution in [-0.4, -0.2) is 23.3 Å². The maximum absolute atomic E-state index is 5.98. The second-order valence-corrected chi connectivity index (χ2v) is 5.33. The summed E-state index contributed by atoms with van der Waals surface area (Å²) < 4.78 is 0. The molecule has 0 spiro atoms. The van der Waals surface area contributed by atoms with E-state index in [0.717, 1.165) is 24.5 Å². The van der Waals surface area contributed by atoms with Gasteiger partial charge >= 0.3 is 0 Å². The van der Waals surface area contributed by atoms with Gasteiger partial charge in [0.1, 0.15) is 5.84 Å². The predicted molar refractivity (Wildman–Crippen MR) is 74.6 cm³/mol. The lowest BCUT2D eigenvalue weighted by atomic mass is 10.3. The third-order valence-corrected chi connectivity index (χ3v) is 3.65. The zero-order chi connectivity index (χ0) is 12.4. The molecule has 0 radical (unpaired) electrons. The lowest BCUT2D eigenvalue weighted by molar-refractivity contribution is 0.378. The van der Waals surface area contributed by atoms with Crippen LogP contribution in [0.5, 0.6) is 0 Å². The van der Waals surface area contributed by atoms with E-state index in [1.807, 2.05) is 12.1 Å². The first kappa shape index (κ1) is 12.7. The van der Waals surface area contributed by atoms with Gasteiger partial charge in [0, 0.05) is 19.0 Å². The number of rotatable bonds is 2. The molecule has 0 atom stereocenters. The highest BCUT2D eigenvalue weighted by molar-refractivity contribution is 6.42. The smallest absolute Gasteiger partial charge is 0.105 e. The first-order valence-corrected chi connectivity index (χ1v) is 6.63. The van der Waals surface area contributed by atoms with Crippen molar-refractivity contribution in [2.45, 2.75) is 32.7 Å². The topological polar surface area (TPSA) is 15.6 Å². The summed E-state index contributed by atoms with van der Waals surface area (Å²) in [6, 6.07) is 6.00. The summed E-state index contributed by atoms with van der Waals surface area (Å²) in [4.78, 5) is 7.00. The summed E-state index contributed by atoms with van der Waals surface area (Å²) in [7, 11) is 0. The van der Waals surface area contributed by atoms with E-state index in [1.54, 1.807) is 6.07 Å². The number of amidine groups is 1. The van der Waals surface area contributed by atoms with Crippen LogP contribution in [0.3, 0.4) is 0 Å². The minimum Gasteiger partial charge on any atom is -0.358 e. The highest BCUT2D eigenvalue weighted by atomic mass is 35.5. The standard InChI is InChI=1S/C13H16Cl2N2/c1-9(2)17-7-3-4-13(17)16-10-5-6-11(14)12(15)8-10/h5-6,8-9H,3-4,7H2,1-2H3. The molecule has 0 saturated carbocycles. The van der Waals surface area contributed by atoms with Gasteiger partial charge in [0.15, 0.2) is 0 Å². The van der Waals surface area contributed by atoms with E-state index in [9.17, 15) is 0 Å². The molecule has 1 saturated heterocycles. The molecule has 1 aromatic carbocycles. The van der Waals surface area contributed by atoms with Crippen LogP contribution in [0, 0.1) is 0 Å². The lowest BCUT2D eigenvalue weighted by Crippen LogP contribution is -2.31. The molecule has 92 valence electrons. The van der Waals surface area contributed by atoms with Gasteiger partial charge in [0.05, 0.1) is 15.7 Å². The van der Waals surface area contributed by atoms with Gasteiger partial charge in [-0.15, -0.1) is 0 Å². The second kappa shape index (κ2) is 5.28. The van der Waals surface area contributed by atoms with Crippen molar-refractivity contribution in [2.24, 2.45) is 4.99 Å². The molecule has 1 fully saturated rings. The van der Waals surface area contributed by atoms with Crippen molar-refractivity contribution in [3.05, 3.63) is 28.2 Å². The van der Waals surface area contributed by atoms with E-state index >= 15 is 0 Å². The number of hydrogen-bond acceptors (Lipinski definition) is 1. The van der Waals surface area contributed by atoms with E-state index in [-0.39, 0.29) is 0 Å². The van der Waals surface area contributed by atoms with Crippen LogP contribution in [-0.2, 0) is 0 Å². The summed E-state index contributed by atoms with van der Waals surface area (Å²) in [6.07, 6.45) is 2.22. The number of halogens is 2. The monoisotopic (exact) mass is 270 g/mol. The van der Waals surface area contributed by atoms with Crippen molar-refractivity contribution >= 4 is 34.7 Å². The molecular formula is C13H16Cl2N2. The zero-order valence-corrected chi connectivity index (χ0v) is 11.6. The maximum atomic E-state index is 5.98. The predicted octanol–water partition coefficient (Wildman–Crippen LogP) is 4.53. The number of benzene rings is 1. The molecule has 1 aliphatic rings. The average molecular weight is 271 g/mol. The Morgan fingerprint density at radius 3 is 2.65 bits per heavy atom. The minimum absolute atomic E-state index is 0.499. The molecule has 2 nitrogen and oxygen atoms in total. The Labute approximate surface area is 112 Å². The van der Waals surface area contributed by atoms with Gasteiger partial charge in [-0.3, -0.25) is 0 Å². The third-order valence-electron chi connectivity index (χ3n) is 2.92. The highest BCUT2D eigenvalue weighted by Crippen LogP contribution is 2.28. The van der Waals surface area contributed by atoms with Gasteiger partial charge in [-0.25, -0.2) is 4.99 Å². The molecule has 0 bridgehead atoms. The van der Waals surface area contributed by atoms with Crippen LogP contribution >= 0.6 is 23.2 Å². The van der Waals surface area contributed by atoms with Crippen LogP contribution in [0.1, 0.15) is 26.7 Å². The molecule has 1 aromatic rings. The van der Waals surface area contributed by atoms with E-state index in [0.29, 0.717) is 16.1 Å². The van der Waals surface area contributed by atoms with E-state index in [4.69, 9.17) is 23.2 Å². The van der Waals surface area contributed by atoms with Gasteiger partial charge in [-0.05, 0) is 38.5 Å². The Bertz CT molecular complexity index is 441. The first-order valence-electron chi connectivity index (χ1n) is 5.87. The Morgan fingerprint density at radius 2 is 2.00 bits per heavy atom. The van der Waals surface area contributed by atoms with Gasteiger partial charge in [0.25, 0.3) is 0 Å². The summed E-state index contributed by atoms with van der Waals surface area (Å²) in [6.45, 7) is 5.48. The van der Waals surface area contributed by atoms with Gasteiger partial charge in [-0.1, -0.05) is 23.2 Å². The summed E-state index contributed by atoms with van der Waals surface area (Å²) in [5, 5.41) is 1.13. The molecular weight excluding hydrogens is 255 g/mol. The molecule has 0 amide bonds. The number of nitrogens with zero attached hydrogens (tertiary/aromatic N) is 2. The Hall–Kier alpha value is -0.730. The Morgan fingerprint density at radius 1 is 1.24 bits per heavy atom. The van der Waals surface area contributed by atoms with E-state index < -0.39 is 0 Å². The molecule has 0 aliphatic carbocycles. The van der Waals surface area contributed by atoms with Crippen LogP contribution in [0.25, 0.3) is 0 Å². The van der Waals surface area contributed by atoms with Crippen LogP contribution in [0.15, 0.2) is 23.2 Å². The third kappa shape index (κ3) is 2.93. The lowest BCUT2D eigenvalue weighted by Gasteiger charge is -2.23. The Kier molecular flexibility index (Phi) is 3.95. The molecule has 0 unspecified atom stereocenters. The molecule has 1 aliphatic heterocycles. The zero-order valence-electron chi connectivity index (χ0n) is 10.1. The molecule has 17 heavy (non-hydrogen) atoms. The van der Waals surface area contributed by atoms with Crippen LogP contribution in [0.2, 0.25) is 10.0 Å². The molecule has 0 N–H and O–H groups in total. The summed E-state index contributed by atoms with van der Waals surface area (Å²) in [5.41, 5.74) is 0.877. The summed E-state index contributed by atoms with van der Waals surface area (Å²) >= 11 is 11.9. The average Bonchev–Trinajstić information content (AvgIpc) is 2.72. The number of likely N-dealkylation sites (tertiary alicyclic amines) is 1. The van der Waals surface area contributed by atoms with E-state index in [1.165, 1.54) is 6.42 Å². The molecule has 0 aromatic heterocycles. The van der Waals surface area contributed by atoms with Crippen molar-refractivity contribution < 1.29 is 0 Å². The fourth-order valence-corrected chi connectivity index (χ4v) is 2.35. The van der Waals surface area contributed by atoms with Crippen LogP contribution < -0.4 is 0 Å². The van der Waals surface area contributed by atoms with Crippen molar-refractivity contribution in [3.8, 4) is 0 Å². The first-order chi connectivity index (χ1) is 8.08.